The molecule has 0 atom stereocenters. The van der Waals surface area contributed by atoms with Crippen LogP contribution in [0, 0.1) is 0 Å². The molecule has 4 N–H and O–H groups in total. The Bertz CT molecular complexity index is 498. The number of hydrogen-bond donors (Lipinski definition) is 3. The van der Waals surface area contributed by atoms with Crippen LogP contribution in [-0.4, -0.2) is 38.7 Å². The van der Waals surface area contributed by atoms with Crippen molar-refractivity contribution in [2.75, 3.05) is 19.3 Å². The van der Waals surface area contributed by atoms with E-state index in [1.165, 1.54) is 11.3 Å². The standard InChI is InChI=1S/C9H16N4O3S2/c1-18(15,16)12-4-2-3-11-9(14)7-6-17-8(5-10)13-7/h6,12H,2-5,10H2,1H3,(H,11,14). The summed E-state index contributed by atoms with van der Waals surface area (Å²) in [5.41, 5.74) is 5.74. The molecule has 1 heterocycles. The van der Waals surface area contributed by atoms with E-state index in [0.717, 1.165) is 6.26 Å². The van der Waals surface area contributed by atoms with Gasteiger partial charge in [-0.1, -0.05) is 0 Å². The van der Waals surface area contributed by atoms with Gasteiger partial charge in [0.25, 0.3) is 5.91 Å². The highest BCUT2D eigenvalue weighted by atomic mass is 32.2. The fourth-order valence-corrected chi connectivity index (χ4v) is 2.32. The fraction of sp³-hybridized carbons (Fsp3) is 0.556. The lowest BCUT2D eigenvalue weighted by Crippen LogP contribution is -2.29. The number of nitrogens with two attached hydrogens (primary N) is 1. The van der Waals surface area contributed by atoms with E-state index in [-0.39, 0.29) is 5.91 Å². The molecule has 7 nitrogen and oxygen atoms in total. The van der Waals surface area contributed by atoms with Crippen LogP contribution in [0.1, 0.15) is 21.9 Å². The summed E-state index contributed by atoms with van der Waals surface area (Å²) in [6.45, 7) is 0.997. The lowest BCUT2D eigenvalue weighted by Gasteiger charge is -2.03. The van der Waals surface area contributed by atoms with Gasteiger partial charge in [-0.05, 0) is 6.42 Å². The zero-order valence-electron chi connectivity index (χ0n) is 9.97. The van der Waals surface area contributed by atoms with Gasteiger partial charge in [-0.25, -0.2) is 18.1 Å². The second-order valence-electron chi connectivity index (χ2n) is 3.61. The molecular formula is C9H16N4O3S2. The maximum absolute atomic E-state index is 11.6. The van der Waals surface area contributed by atoms with Gasteiger partial charge in [-0.3, -0.25) is 4.79 Å². The summed E-state index contributed by atoms with van der Waals surface area (Å²) >= 11 is 1.34. The van der Waals surface area contributed by atoms with Gasteiger partial charge >= 0.3 is 0 Å². The Labute approximate surface area is 110 Å². The molecule has 1 aromatic rings. The van der Waals surface area contributed by atoms with Crippen LogP contribution < -0.4 is 15.8 Å². The van der Waals surface area contributed by atoms with Gasteiger partial charge in [0.05, 0.1) is 6.26 Å². The van der Waals surface area contributed by atoms with E-state index in [1.54, 1.807) is 5.38 Å². The van der Waals surface area contributed by atoms with Crippen molar-refractivity contribution in [2.45, 2.75) is 13.0 Å². The molecule has 1 amide bonds. The quantitative estimate of drug-likeness (QED) is 0.573. The Morgan fingerprint density at radius 2 is 2.22 bits per heavy atom. The van der Waals surface area contributed by atoms with E-state index in [0.29, 0.717) is 36.8 Å². The summed E-state index contributed by atoms with van der Waals surface area (Å²) in [6.07, 6.45) is 1.61. The van der Waals surface area contributed by atoms with E-state index in [9.17, 15) is 13.2 Å². The highest BCUT2D eigenvalue weighted by molar-refractivity contribution is 7.88. The molecule has 0 fully saturated rings. The van der Waals surface area contributed by atoms with Gasteiger partial charge in [0.1, 0.15) is 10.7 Å². The van der Waals surface area contributed by atoms with Gasteiger partial charge in [0.2, 0.25) is 10.0 Å². The molecule has 0 aromatic carbocycles. The van der Waals surface area contributed by atoms with E-state index < -0.39 is 10.0 Å². The van der Waals surface area contributed by atoms with Crippen molar-refractivity contribution in [3.05, 3.63) is 16.1 Å². The van der Waals surface area contributed by atoms with E-state index in [4.69, 9.17) is 5.73 Å². The second-order valence-corrected chi connectivity index (χ2v) is 6.38. The third-order valence-corrected chi connectivity index (χ3v) is 3.56. The summed E-state index contributed by atoms with van der Waals surface area (Å²) < 4.78 is 23.9. The van der Waals surface area contributed by atoms with Crippen molar-refractivity contribution in [3.8, 4) is 0 Å². The topological polar surface area (TPSA) is 114 Å². The number of aromatic nitrogens is 1. The maximum atomic E-state index is 11.6. The average Bonchev–Trinajstić information content (AvgIpc) is 2.75. The zero-order valence-corrected chi connectivity index (χ0v) is 11.6. The predicted octanol–water partition coefficient (Wildman–Crippen LogP) is -0.729. The molecule has 0 saturated heterocycles. The van der Waals surface area contributed by atoms with E-state index in [1.807, 2.05) is 0 Å². The van der Waals surface area contributed by atoms with Crippen molar-refractivity contribution in [1.29, 1.82) is 0 Å². The number of rotatable bonds is 7. The number of nitrogens with one attached hydrogen (secondary N) is 2. The summed E-state index contributed by atoms with van der Waals surface area (Å²) in [5.74, 6) is -0.273. The van der Waals surface area contributed by atoms with E-state index >= 15 is 0 Å². The number of nitrogens with zero attached hydrogens (tertiary/aromatic N) is 1. The van der Waals surface area contributed by atoms with Crippen molar-refractivity contribution < 1.29 is 13.2 Å². The molecule has 1 rings (SSSR count). The Hall–Kier alpha value is -1.03. The van der Waals surface area contributed by atoms with Crippen LogP contribution in [-0.2, 0) is 16.6 Å². The molecule has 0 saturated carbocycles. The highest BCUT2D eigenvalue weighted by Crippen LogP contribution is 2.08. The molecule has 102 valence electrons. The fourth-order valence-electron chi connectivity index (χ4n) is 1.15. The van der Waals surface area contributed by atoms with Crippen molar-refractivity contribution in [3.63, 3.8) is 0 Å². The van der Waals surface area contributed by atoms with Crippen LogP contribution in [0.3, 0.4) is 0 Å². The minimum atomic E-state index is -3.16. The molecule has 0 aliphatic heterocycles. The van der Waals surface area contributed by atoms with Gasteiger partial charge in [0, 0.05) is 25.0 Å². The molecule has 0 aliphatic rings. The Kier molecular flexibility index (Phi) is 5.66. The van der Waals surface area contributed by atoms with Gasteiger partial charge < -0.3 is 11.1 Å². The number of carbonyl (C=O) groups is 1. The first-order chi connectivity index (χ1) is 8.42. The lowest BCUT2D eigenvalue weighted by molar-refractivity contribution is 0.0949. The third kappa shape index (κ3) is 5.54. The lowest BCUT2D eigenvalue weighted by atomic mass is 10.4. The number of sulfonamides is 1. The van der Waals surface area contributed by atoms with Crippen molar-refractivity contribution in [2.24, 2.45) is 5.73 Å². The summed E-state index contributed by atoms with van der Waals surface area (Å²) in [7, 11) is -3.16. The summed E-state index contributed by atoms with van der Waals surface area (Å²) in [4.78, 5) is 15.6. The number of hydrogen-bond acceptors (Lipinski definition) is 6. The smallest absolute Gasteiger partial charge is 0.270 e. The molecular weight excluding hydrogens is 276 g/mol. The molecule has 9 heteroatoms. The van der Waals surface area contributed by atoms with Crippen LogP contribution in [0.25, 0.3) is 0 Å². The van der Waals surface area contributed by atoms with Gasteiger partial charge in [0.15, 0.2) is 0 Å². The van der Waals surface area contributed by atoms with Crippen LogP contribution in [0.5, 0.6) is 0 Å². The Morgan fingerprint density at radius 3 is 2.78 bits per heavy atom. The minimum absolute atomic E-state index is 0.273. The third-order valence-electron chi connectivity index (χ3n) is 1.96. The number of carbonyl (C=O) groups excluding carboxylic acids is 1. The van der Waals surface area contributed by atoms with Crippen LogP contribution in [0.2, 0.25) is 0 Å². The first-order valence-electron chi connectivity index (χ1n) is 5.29. The van der Waals surface area contributed by atoms with E-state index in [2.05, 4.69) is 15.0 Å². The van der Waals surface area contributed by atoms with Crippen LogP contribution >= 0.6 is 11.3 Å². The zero-order chi connectivity index (χ0) is 13.6. The first-order valence-corrected chi connectivity index (χ1v) is 8.07. The molecule has 0 spiro atoms. The monoisotopic (exact) mass is 292 g/mol. The normalized spacial score (nSPS) is 11.4. The Balaban J connectivity index is 2.25. The second kappa shape index (κ2) is 6.78. The highest BCUT2D eigenvalue weighted by Gasteiger charge is 2.09. The summed E-state index contributed by atoms with van der Waals surface area (Å²) in [6, 6.07) is 0. The summed E-state index contributed by atoms with van der Waals surface area (Å²) in [5, 5.41) is 5.00. The van der Waals surface area contributed by atoms with Gasteiger partial charge in [-0.2, -0.15) is 0 Å². The first kappa shape index (κ1) is 15.0. The molecule has 0 unspecified atom stereocenters. The van der Waals surface area contributed by atoms with Crippen molar-refractivity contribution in [1.82, 2.24) is 15.0 Å². The molecule has 1 aromatic heterocycles. The molecule has 18 heavy (non-hydrogen) atoms. The Morgan fingerprint density at radius 1 is 1.50 bits per heavy atom. The van der Waals surface area contributed by atoms with Crippen LogP contribution in [0.4, 0.5) is 0 Å². The minimum Gasteiger partial charge on any atom is -0.351 e. The molecule has 0 aliphatic carbocycles. The average molecular weight is 292 g/mol. The number of amides is 1. The predicted molar refractivity (Wildman–Crippen MR) is 69.8 cm³/mol. The van der Waals surface area contributed by atoms with Gasteiger partial charge in [-0.15, -0.1) is 11.3 Å². The molecule has 0 radical (unpaired) electrons. The SMILES string of the molecule is CS(=O)(=O)NCCCNC(=O)c1csc(CN)n1. The maximum Gasteiger partial charge on any atom is 0.270 e. The molecule has 0 bridgehead atoms. The van der Waals surface area contributed by atoms with Crippen molar-refractivity contribution >= 4 is 27.3 Å². The number of thiazole rings is 1. The largest absolute Gasteiger partial charge is 0.351 e. The van der Waals surface area contributed by atoms with Crippen LogP contribution in [0.15, 0.2) is 5.38 Å².